The van der Waals surface area contributed by atoms with Crippen LogP contribution in [0.25, 0.3) is 0 Å². The number of nitrogens with one attached hydrogen (secondary N) is 1. The van der Waals surface area contributed by atoms with E-state index in [-0.39, 0.29) is 0 Å². The number of hydrogen-bond acceptors (Lipinski definition) is 4. The fourth-order valence-electron chi connectivity index (χ4n) is 1.85. The van der Waals surface area contributed by atoms with Crippen molar-refractivity contribution in [3.63, 3.8) is 0 Å². The summed E-state index contributed by atoms with van der Waals surface area (Å²) in [6, 6.07) is 9.59. The molecule has 1 aromatic carbocycles. The molecule has 0 aliphatic rings. The van der Waals surface area contributed by atoms with Gasteiger partial charge in [-0.05, 0) is 43.8 Å². The van der Waals surface area contributed by atoms with E-state index in [0.29, 0.717) is 13.2 Å². The molecule has 1 heterocycles. The molecule has 0 spiro atoms. The van der Waals surface area contributed by atoms with Gasteiger partial charge in [-0.15, -0.1) is 0 Å². The van der Waals surface area contributed by atoms with Gasteiger partial charge in [0.25, 0.3) is 0 Å². The maximum Gasteiger partial charge on any atom is 0.124 e. The molecule has 0 amide bonds. The largest absolute Gasteiger partial charge is 0.494 e. The molecule has 0 aliphatic heterocycles. The molecule has 4 heteroatoms. The Balaban J connectivity index is 1.89. The summed E-state index contributed by atoms with van der Waals surface area (Å²) in [5.74, 6) is 2.61. The van der Waals surface area contributed by atoms with Gasteiger partial charge in [0.2, 0.25) is 0 Å². The minimum absolute atomic E-state index is 0.505. The van der Waals surface area contributed by atoms with Crippen molar-refractivity contribution in [1.82, 2.24) is 5.32 Å². The first-order valence-corrected chi connectivity index (χ1v) is 6.95. The topological polar surface area (TPSA) is 43.6 Å². The molecule has 0 unspecified atom stereocenters. The Kier molecular flexibility index (Phi) is 5.50. The van der Waals surface area contributed by atoms with Crippen molar-refractivity contribution in [2.24, 2.45) is 0 Å². The zero-order valence-corrected chi connectivity index (χ0v) is 12.0. The van der Waals surface area contributed by atoms with Crippen LogP contribution >= 0.6 is 0 Å². The molecule has 1 aromatic heterocycles. The maximum atomic E-state index is 5.76. The number of benzene rings is 1. The Morgan fingerprint density at radius 1 is 1.00 bits per heavy atom. The first-order valence-electron chi connectivity index (χ1n) is 6.95. The van der Waals surface area contributed by atoms with Crippen molar-refractivity contribution in [2.45, 2.75) is 27.0 Å². The van der Waals surface area contributed by atoms with Gasteiger partial charge < -0.3 is 19.2 Å². The van der Waals surface area contributed by atoms with Crippen molar-refractivity contribution >= 4 is 0 Å². The fourth-order valence-corrected chi connectivity index (χ4v) is 1.85. The van der Waals surface area contributed by atoms with Crippen LogP contribution in [0.2, 0.25) is 0 Å². The van der Waals surface area contributed by atoms with Crippen LogP contribution in [0.1, 0.15) is 25.2 Å². The highest BCUT2D eigenvalue weighted by Crippen LogP contribution is 2.19. The number of ether oxygens (including phenoxy) is 2. The normalized spacial score (nSPS) is 10.5. The van der Waals surface area contributed by atoms with E-state index in [2.05, 4.69) is 12.2 Å². The standard InChI is InChI=1S/C16H21NO3/c1-3-17-11-16-13(9-10-19-16)12-20-15-7-5-14(6-8-15)18-4-2/h5-10,17H,3-4,11-12H2,1-2H3. The van der Waals surface area contributed by atoms with Crippen LogP contribution in [0.3, 0.4) is 0 Å². The summed E-state index contributed by atoms with van der Waals surface area (Å²) >= 11 is 0. The molecule has 108 valence electrons. The van der Waals surface area contributed by atoms with E-state index in [0.717, 1.165) is 35.9 Å². The second-order valence-electron chi connectivity index (χ2n) is 4.34. The zero-order chi connectivity index (χ0) is 14.2. The van der Waals surface area contributed by atoms with Gasteiger partial charge in [-0.25, -0.2) is 0 Å². The zero-order valence-electron chi connectivity index (χ0n) is 12.0. The van der Waals surface area contributed by atoms with E-state index in [1.807, 2.05) is 37.3 Å². The molecule has 0 atom stereocenters. The predicted octanol–water partition coefficient (Wildman–Crippen LogP) is 3.37. The highest BCUT2D eigenvalue weighted by Gasteiger charge is 2.06. The summed E-state index contributed by atoms with van der Waals surface area (Å²) < 4.78 is 16.6. The summed E-state index contributed by atoms with van der Waals surface area (Å²) in [6.45, 7) is 6.85. The van der Waals surface area contributed by atoms with Crippen molar-refractivity contribution in [3.05, 3.63) is 47.9 Å². The molecular formula is C16H21NO3. The van der Waals surface area contributed by atoms with E-state index in [1.54, 1.807) is 6.26 Å². The molecule has 2 aromatic rings. The van der Waals surface area contributed by atoms with E-state index in [9.17, 15) is 0 Å². The summed E-state index contributed by atoms with van der Waals surface area (Å²) in [5, 5.41) is 3.24. The third-order valence-electron chi connectivity index (χ3n) is 2.90. The number of hydrogen-bond donors (Lipinski definition) is 1. The molecule has 0 aliphatic carbocycles. The van der Waals surface area contributed by atoms with Crippen LogP contribution in [0.15, 0.2) is 41.0 Å². The second kappa shape index (κ2) is 7.60. The summed E-state index contributed by atoms with van der Waals surface area (Å²) in [6.07, 6.45) is 1.70. The first-order chi connectivity index (χ1) is 9.83. The third-order valence-corrected chi connectivity index (χ3v) is 2.90. The van der Waals surface area contributed by atoms with Gasteiger partial charge in [-0.1, -0.05) is 6.92 Å². The van der Waals surface area contributed by atoms with E-state index < -0.39 is 0 Å². The van der Waals surface area contributed by atoms with Gasteiger partial charge in [0.1, 0.15) is 23.9 Å². The summed E-state index contributed by atoms with van der Waals surface area (Å²) in [4.78, 5) is 0. The molecule has 2 rings (SSSR count). The third kappa shape index (κ3) is 4.03. The van der Waals surface area contributed by atoms with E-state index >= 15 is 0 Å². The number of furan rings is 1. The minimum atomic E-state index is 0.505. The van der Waals surface area contributed by atoms with Gasteiger partial charge in [0, 0.05) is 5.56 Å². The van der Waals surface area contributed by atoms with Crippen molar-refractivity contribution in [2.75, 3.05) is 13.2 Å². The molecular weight excluding hydrogens is 254 g/mol. The fraction of sp³-hybridized carbons (Fsp3) is 0.375. The van der Waals surface area contributed by atoms with Gasteiger partial charge in [-0.3, -0.25) is 0 Å². The maximum absolute atomic E-state index is 5.76. The molecule has 1 N–H and O–H groups in total. The predicted molar refractivity (Wildman–Crippen MR) is 78.0 cm³/mol. The van der Waals surface area contributed by atoms with Crippen LogP contribution in [0.4, 0.5) is 0 Å². The Hall–Kier alpha value is -1.94. The van der Waals surface area contributed by atoms with Crippen LogP contribution in [0.5, 0.6) is 11.5 Å². The summed E-state index contributed by atoms with van der Waals surface area (Å²) in [7, 11) is 0. The van der Waals surface area contributed by atoms with Gasteiger partial charge in [0.05, 0.1) is 19.4 Å². The van der Waals surface area contributed by atoms with Gasteiger partial charge >= 0.3 is 0 Å². The highest BCUT2D eigenvalue weighted by atomic mass is 16.5. The molecule has 0 saturated carbocycles. The molecule has 20 heavy (non-hydrogen) atoms. The van der Waals surface area contributed by atoms with Crippen LogP contribution in [-0.2, 0) is 13.2 Å². The minimum Gasteiger partial charge on any atom is -0.494 e. The lowest BCUT2D eigenvalue weighted by Crippen LogP contribution is -2.12. The average molecular weight is 275 g/mol. The van der Waals surface area contributed by atoms with Crippen molar-refractivity contribution < 1.29 is 13.9 Å². The van der Waals surface area contributed by atoms with E-state index in [1.165, 1.54) is 0 Å². The molecule has 0 saturated heterocycles. The first kappa shape index (κ1) is 14.5. The van der Waals surface area contributed by atoms with Crippen molar-refractivity contribution in [3.8, 4) is 11.5 Å². The Bertz CT molecular complexity index is 505. The average Bonchev–Trinajstić information content (AvgIpc) is 2.92. The number of rotatable bonds is 8. The second-order valence-corrected chi connectivity index (χ2v) is 4.34. The lowest BCUT2D eigenvalue weighted by Gasteiger charge is -2.08. The molecule has 0 fully saturated rings. The van der Waals surface area contributed by atoms with Gasteiger partial charge in [-0.2, -0.15) is 0 Å². The Morgan fingerprint density at radius 3 is 2.35 bits per heavy atom. The Labute approximate surface area is 119 Å². The van der Waals surface area contributed by atoms with Crippen molar-refractivity contribution in [1.29, 1.82) is 0 Å². The van der Waals surface area contributed by atoms with Crippen LogP contribution in [0, 0.1) is 0 Å². The molecule has 0 bridgehead atoms. The Morgan fingerprint density at radius 2 is 1.70 bits per heavy atom. The monoisotopic (exact) mass is 275 g/mol. The smallest absolute Gasteiger partial charge is 0.124 e. The van der Waals surface area contributed by atoms with Crippen LogP contribution in [-0.4, -0.2) is 13.2 Å². The highest BCUT2D eigenvalue weighted by molar-refractivity contribution is 5.31. The lowest BCUT2D eigenvalue weighted by molar-refractivity contribution is 0.299. The molecule has 4 nitrogen and oxygen atoms in total. The lowest BCUT2D eigenvalue weighted by atomic mass is 10.2. The van der Waals surface area contributed by atoms with Gasteiger partial charge in [0.15, 0.2) is 0 Å². The summed E-state index contributed by atoms with van der Waals surface area (Å²) in [5.41, 5.74) is 1.07. The van der Waals surface area contributed by atoms with E-state index in [4.69, 9.17) is 13.9 Å². The SMILES string of the molecule is CCNCc1occc1COc1ccc(OCC)cc1. The molecule has 0 radical (unpaired) electrons. The quantitative estimate of drug-likeness (QED) is 0.802. The van der Waals surface area contributed by atoms with Crippen LogP contribution < -0.4 is 14.8 Å².